The molecule has 0 bridgehead atoms. The van der Waals surface area contributed by atoms with Crippen molar-refractivity contribution in [2.75, 3.05) is 11.3 Å². The topological polar surface area (TPSA) is 68.3 Å². The van der Waals surface area contributed by atoms with Crippen LogP contribution in [0, 0.1) is 0 Å². The molecule has 0 aliphatic carbocycles. The second-order valence-corrected chi connectivity index (χ2v) is 6.92. The van der Waals surface area contributed by atoms with E-state index >= 15 is 0 Å². The van der Waals surface area contributed by atoms with Gasteiger partial charge in [0.15, 0.2) is 0 Å². The fourth-order valence-electron chi connectivity index (χ4n) is 1.59. The van der Waals surface area contributed by atoms with Crippen LogP contribution in [0.3, 0.4) is 0 Å². The van der Waals surface area contributed by atoms with E-state index in [1.54, 1.807) is 24.3 Å². The average Bonchev–Trinajstić information content (AvgIpc) is 2.46. The summed E-state index contributed by atoms with van der Waals surface area (Å²) < 4.78 is 33.0. The number of rotatable bonds is 6. The highest BCUT2D eigenvalue weighted by atomic mass is 79.9. The maximum atomic E-state index is 12.2. The number of pyridine rings is 1. The number of hydrogen-bond acceptors (Lipinski definition) is 4. The number of hydrogen-bond donors (Lipinski definition) is 1. The quantitative estimate of drug-likeness (QED) is 0.845. The molecule has 0 saturated heterocycles. The molecule has 1 heterocycles. The molecular formula is C14H15BrN2O3S. The predicted octanol–water partition coefficient (Wildman–Crippen LogP) is 3.43. The van der Waals surface area contributed by atoms with Crippen LogP contribution in [0.15, 0.2) is 52.1 Å². The number of aromatic nitrogens is 1. The van der Waals surface area contributed by atoms with Gasteiger partial charge in [0.2, 0.25) is 0 Å². The van der Waals surface area contributed by atoms with E-state index in [-0.39, 0.29) is 4.90 Å². The third kappa shape index (κ3) is 4.44. The van der Waals surface area contributed by atoms with Gasteiger partial charge in [-0.3, -0.25) is 9.71 Å². The summed E-state index contributed by atoms with van der Waals surface area (Å²) in [6.07, 6.45) is 3.75. The van der Waals surface area contributed by atoms with Gasteiger partial charge in [-0.1, -0.05) is 6.92 Å². The van der Waals surface area contributed by atoms with E-state index in [0.29, 0.717) is 22.5 Å². The first kappa shape index (κ1) is 15.8. The largest absolute Gasteiger partial charge is 0.494 e. The molecule has 112 valence electrons. The Hall–Kier alpha value is -1.60. The second kappa shape index (κ2) is 6.91. The summed E-state index contributed by atoms with van der Waals surface area (Å²) in [5, 5.41) is 0. The first-order valence-corrected chi connectivity index (χ1v) is 8.65. The fraction of sp³-hybridized carbons (Fsp3) is 0.214. The van der Waals surface area contributed by atoms with Crippen molar-refractivity contribution >= 4 is 31.6 Å². The minimum absolute atomic E-state index is 0.100. The van der Waals surface area contributed by atoms with Gasteiger partial charge in [0.1, 0.15) is 10.6 Å². The Morgan fingerprint density at radius 1 is 1.24 bits per heavy atom. The number of halogens is 1. The molecule has 0 unspecified atom stereocenters. The van der Waals surface area contributed by atoms with Gasteiger partial charge in [-0.05, 0) is 52.7 Å². The summed E-state index contributed by atoms with van der Waals surface area (Å²) in [4.78, 5) is 3.95. The molecule has 0 fully saturated rings. The van der Waals surface area contributed by atoms with Gasteiger partial charge in [-0.2, -0.15) is 0 Å². The number of ether oxygens (including phenoxy) is 1. The van der Waals surface area contributed by atoms with Gasteiger partial charge in [0.05, 0.1) is 6.61 Å². The highest BCUT2D eigenvalue weighted by Gasteiger charge is 2.15. The van der Waals surface area contributed by atoms with Crippen molar-refractivity contribution < 1.29 is 13.2 Å². The third-order valence-corrected chi connectivity index (χ3v) is 4.35. The first-order chi connectivity index (χ1) is 10.0. The monoisotopic (exact) mass is 370 g/mol. The highest BCUT2D eigenvalue weighted by Crippen LogP contribution is 2.20. The maximum Gasteiger partial charge on any atom is 0.263 e. The summed E-state index contributed by atoms with van der Waals surface area (Å²) in [5.41, 5.74) is 0.471. The Labute approximate surface area is 132 Å². The number of anilines is 1. The van der Waals surface area contributed by atoms with Crippen LogP contribution in [0.4, 0.5) is 5.69 Å². The summed E-state index contributed by atoms with van der Waals surface area (Å²) >= 11 is 3.20. The second-order valence-electron chi connectivity index (χ2n) is 4.32. The van der Waals surface area contributed by atoms with E-state index in [1.165, 1.54) is 18.5 Å². The van der Waals surface area contributed by atoms with Crippen LogP contribution in [-0.4, -0.2) is 20.0 Å². The lowest BCUT2D eigenvalue weighted by atomic mass is 10.3. The standard InChI is InChI=1S/C14H15BrN2O3S/c1-2-7-20-13-5-3-12(4-6-13)17-21(18,19)14-8-11(15)9-16-10-14/h3-6,8-10,17H,2,7H2,1H3. The summed E-state index contributed by atoms with van der Waals surface area (Å²) in [7, 11) is -3.65. The van der Waals surface area contributed by atoms with Gasteiger partial charge in [0.25, 0.3) is 10.0 Å². The van der Waals surface area contributed by atoms with Gasteiger partial charge >= 0.3 is 0 Å². The predicted molar refractivity (Wildman–Crippen MR) is 85.0 cm³/mol. The molecule has 0 aliphatic heterocycles. The Morgan fingerprint density at radius 2 is 1.95 bits per heavy atom. The summed E-state index contributed by atoms with van der Waals surface area (Å²) in [6.45, 7) is 2.66. The zero-order valence-electron chi connectivity index (χ0n) is 11.4. The molecule has 0 atom stereocenters. The number of benzene rings is 1. The number of nitrogens with one attached hydrogen (secondary N) is 1. The Bertz CT molecular complexity index is 702. The lowest BCUT2D eigenvalue weighted by molar-refractivity contribution is 0.317. The first-order valence-electron chi connectivity index (χ1n) is 6.37. The van der Waals surface area contributed by atoms with Crippen molar-refractivity contribution in [2.45, 2.75) is 18.2 Å². The van der Waals surface area contributed by atoms with Crippen molar-refractivity contribution in [3.8, 4) is 5.75 Å². The molecule has 2 rings (SSSR count). The van der Waals surface area contributed by atoms with Crippen LogP contribution in [0.25, 0.3) is 0 Å². The molecule has 0 amide bonds. The fourth-order valence-corrected chi connectivity index (χ4v) is 3.15. The van der Waals surface area contributed by atoms with E-state index in [2.05, 4.69) is 25.6 Å². The number of nitrogens with zero attached hydrogens (tertiary/aromatic N) is 1. The van der Waals surface area contributed by atoms with Gasteiger partial charge in [-0.15, -0.1) is 0 Å². The molecule has 1 aromatic heterocycles. The van der Waals surface area contributed by atoms with E-state index in [1.807, 2.05) is 6.92 Å². The molecule has 0 spiro atoms. The molecular weight excluding hydrogens is 356 g/mol. The van der Waals surface area contributed by atoms with Gasteiger partial charge < -0.3 is 4.74 Å². The molecule has 1 aromatic carbocycles. The Kier molecular flexibility index (Phi) is 5.19. The van der Waals surface area contributed by atoms with E-state index in [4.69, 9.17) is 4.74 Å². The van der Waals surface area contributed by atoms with Crippen LogP contribution < -0.4 is 9.46 Å². The summed E-state index contributed by atoms with van der Waals surface area (Å²) in [5.74, 6) is 0.712. The molecule has 1 N–H and O–H groups in total. The van der Waals surface area contributed by atoms with Crippen LogP contribution in [0.1, 0.15) is 13.3 Å². The van der Waals surface area contributed by atoms with Crippen LogP contribution >= 0.6 is 15.9 Å². The van der Waals surface area contributed by atoms with Gasteiger partial charge in [-0.25, -0.2) is 8.42 Å². The molecule has 7 heteroatoms. The maximum absolute atomic E-state index is 12.2. The Balaban J connectivity index is 2.13. The molecule has 0 radical (unpaired) electrons. The highest BCUT2D eigenvalue weighted by molar-refractivity contribution is 9.10. The smallest absolute Gasteiger partial charge is 0.263 e. The van der Waals surface area contributed by atoms with Crippen molar-refractivity contribution in [1.29, 1.82) is 0 Å². The molecule has 2 aromatic rings. The minimum atomic E-state index is -3.65. The van der Waals surface area contributed by atoms with Crippen LogP contribution in [0.5, 0.6) is 5.75 Å². The zero-order chi connectivity index (χ0) is 15.3. The molecule has 0 saturated carbocycles. The van der Waals surface area contributed by atoms with Crippen molar-refractivity contribution in [1.82, 2.24) is 4.98 Å². The normalized spacial score (nSPS) is 11.1. The van der Waals surface area contributed by atoms with Crippen LogP contribution in [0.2, 0.25) is 0 Å². The zero-order valence-corrected chi connectivity index (χ0v) is 13.8. The average molecular weight is 371 g/mol. The van der Waals surface area contributed by atoms with Crippen molar-refractivity contribution in [3.05, 3.63) is 47.2 Å². The Morgan fingerprint density at radius 3 is 2.57 bits per heavy atom. The third-order valence-electron chi connectivity index (χ3n) is 2.57. The molecule has 0 aliphatic rings. The molecule has 21 heavy (non-hydrogen) atoms. The van der Waals surface area contributed by atoms with E-state index in [0.717, 1.165) is 6.42 Å². The van der Waals surface area contributed by atoms with Gasteiger partial charge in [0, 0.05) is 22.6 Å². The van der Waals surface area contributed by atoms with Crippen molar-refractivity contribution in [2.24, 2.45) is 0 Å². The minimum Gasteiger partial charge on any atom is -0.494 e. The van der Waals surface area contributed by atoms with Crippen molar-refractivity contribution in [3.63, 3.8) is 0 Å². The van der Waals surface area contributed by atoms with E-state index < -0.39 is 10.0 Å². The SMILES string of the molecule is CCCOc1ccc(NS(=O)(=O)c2cncc(Br)c2)cc1. The number of sulfonamides is 1. The summed E-state index contributed by atoms with van der Waals surface area (Å²) in [6, 6.07) is 8.27. The lowest BCUT2D eigenvalue weighted by Gasteiger charge is -2.09. The lowest BCUT2D eigenvalue weighted by Crippen LogP contribution is -2.13. The molecule has 5 nitrogen and oxygen atoms in total. The van der Waals surface area contributed by atoms with E-state index in [9.17, 15) is 8.42 Å². The van der Waals surface area contributed by atoms with Crippen LogP contribution in [-0.2, 0) is 10.0 Å².